The Kier molecular flexibility index (Phi) is 5.96. The van der Waals surface area contributed by atoms with Gasteiger partial charge < -0.3 is 14.8 Å². The normalized spacial score (nSPS) is 21.7. The third-order valence-electron chi connectivity index (χ3n) is 7.10. The monoisotopic (exact) mass is 445 g/mol. The highest BCUT2D eigenvalue weighted by Crippen LogP contribution is 2.44. The first-order valence-corrected chi connectivity index (χ1v) is 12.1. The molecular formula is C26H31N5S. The largest absolute Gasteiger partial charge is 0.352 e. The SMILES string of the molecule is Cc1cc([C@@H]2[C@H](c3ccccn3)NC(=S)N2C2CCCCC2)c(C)n1Cc1cccnc1. The molecule has 5 nitrogen and oxygen atoms in total. The Balaban J connectivity index is 1.56. The van der Waals surface area contributed by atoms with Gasteiger partial charge >= 0.3 is 0 Å². The van der Waals surface area contributed by atoms with E-state index >= 15 is 0 Å². The average Bonchev–Trinajstić information content (AvgIpc) is 3.32. The van der Waals surface area contributed by atoms with Gasteiger partial charge in [0.1, 0.15) is 0 Å². The van der Waals surface area contributed by atoms with Crippen LogP contribution in [-0.2, 0) is 6.54 Å². The highest BCUT2D eigenvalue weighted by molar-refractivity contribution is 7.80. The topological polar surface area (TPSA) is 46.0 Å². The molecule has 32 heavy (non-hydrogen) atoms. The summed E-state index contributed by atoms with van der Waals surface area (Å²) in [5.74, 6) is 0. The molecule has 1 saturated carbocycles. The van der Waals surface area contributed by atoms with Gasteiger partial charge in [-0.2, -0.15) is 0 Å². The van der Waals surface area contributed by atoms with E-state index in [0.29, 0.717) is 6.04 Å². The van der Waals surface area contributed by atoms with Crippen LogP contribution in [0.15, 0.2) is 55.0 Å². The third kappa shape index (κ3) is 3.92. The quantitative estimate of drug-likeness (QED) is 0.544. The zero-order valence-electron chi connectivity index (χ0n) is 18.9. The Hall–Kier alpha value is -2.73. The summed E-state index contributed by atoms with van der Waals surface area (Å²) in [4.78, 5) is 11.5. The van der Waals surface area contributed by atoms with Gasteiger partial charge in [-0.05, 0) is 74.3 Å². The molecule has 166 valence electrons. The van der Waals surface area contributed by atoms with Crippen molar-refractivity contribution in [3.05, 3.63) is 83.2 Å². The zero-order valence-corrected chi connectivity index (χ0v) is 19.7. The van der Waals surface area contributed by atoms with Crippen LogP contribution in [0.1, 0.15) is 72.4 Å². The lowest BCUT2D eigenvalue weighted by molar-refractivity contribution is 0.196. The maximum absolute atomic E-state index is 5.94. The van der Waals surface area contributed by atoms with Crippen molar-refractivity contribution in [2.75, 3.05) is 0 Å². The summed E-state index contributed by atoms with van der Waals surface area (Å²) in [7, 11) is 0. The second-order valence-electron chi connectivity index (χ2n) is 9.10. The maximum Gasteiger partial charge on any atom is 0.170 e. The number of aromatic nitrogens is 3. The summed E-state index contributed by atoms with van der Waals surface area (Å²) in [6.45, 7) is 5.27. The minimum absolute atomic E-state index is 0.0537. The van der Waals surface area contributed by atoms with E-state index in [1.54, 1.807) is 0 Å². The number of aryl methyl sites for hydroxylation is 1. The number of nitrogens with one attached hydrogen (secondary N) is 1. The molecule has 1 aliphatic heterocycles. The molecule has 2 atom stereocenters. The van der Waals surface area contributed by atoms with Crippen LogP contribution in [0.4, 0.5) is 0 Å². The summed E-state index contributed by atoms with van der Waals surface area (Å²) in [5.41, 5.74) is 6.17. The van der Waals surface area contributed by atoms with E-state index in [2.05, 4.69) is 57.9 Å². The lowest BCUT2D eigenvalue weighted by Crippen LogP contribution is -2.40. The molecule has 6 heteroatoms. The molecule has 0 aromatic carbocycles. The fraction of sp³-hybridized carbons (Fsp3) is 0.423. The van der Waals surface area contributed by atoms with Crippen molar-refractivity contribution < 1.29 is 0 Å². The standard InChI is InChI=1S/C26H31N5S/c1-18-15-22(19(2)30(18)17-20-9-8-13-27-16-20)25-24(23-12-6-7-14-28-23)29-26(32)31(25)21-10-4-3-5-11-21/h6-9,12-16,21,24-25H,3-5,10-11,17H2,1-2H3,(H,29,32)/t24-,25+/m0/s1. The van der Waals surface area contributed by atoms with Crippen LogP contribution < -0.4 is 5.32 Å². The van der Waals surface area contributed by atoms with Crippen LogP contribution in [0.5, 0.6) is 0 Å². The van der Waals surface area contributed by atoms with Crippen molar-refractivity contribution in [1.82, 2.24) is 24.8 Å². The molecule has 0 bridgehead atoms. The van der Waals surface area contributed by atoms with Gasteiger partial charge in [0, 0.05) is 42.6 Å². The fourth-order valence-electron chi connectivity index (χ4n) is 5.50. The van der Waals surface area contributed by atoms with E-state index in [9.17, 15) is 0 Å². The van der Waals surface area contributed by atoms with Gasteiger partial charge in [-0.1, -0.05) is 31.4 Å². The van der Waals surface area contributed by atoms with E-state index in [4.69, 9.17) is 17.2 Å². The van der Waals surface area contributed by atoms with Gasteiger partial charge in [0.25, 0.3) is 0 Å². The minimum atomic E-state index is 0.0537. The maximum atomic E-state index is 5.94. The predicted octanol–water partition coefficient (Wildman–Crippen LogP) is 5.25. The van der Waals surface area contributed by atoms with Crippen molar-refractivity contribution in [1.29, 1.82) is 0 Å². The number of hydrogen-bond acceptors (Lipinski definition) is 3. The second-order valence-corrected chi connectivity index (χ2v) is 9.49. The number of nitrogens with zero attached hydrogens (tertiary/aromatic N) is 4. The summed E-state index contributed by atoms with van der Waals surface area (Å²) in [6, 6.07) is 13.4. The van der Waals surface area contributed by atoms with Gasteiger partial charge in [0.05, 0.1) is 17.8 Å². The van der Waals surface area contributed by atoms with Crippen molar-refractivity contribution in [3.63, 3.8) is 0 Å². The molecule has 5 rings (SSSR count). The zero-order chi connectivity index (χ0) is 22.1. The summed E-state index contributed by atoms with van der Waals surface area (Å²) in [6.07, 6.45) is 12.0. The van der Waals surface area contributed by atoms with Gasteiger partial charge in [0.15, 0.2) is 5.11 Å². The third-order valence-corrected chi connectivity index (χ3v) is 7.43. The van der Waals surface area contributed by atoms with E-state index in [0.717, 1.165) is 17.4 Å². The molecule has 0 unspecified atom stereocenters. The van der Waals surface area contributed by atoms with Crippen LogP contribution in [0.3, 0.4) is 0 Å². The van der Waals surface area contributed by atoms with E-state index in [1.807, 2.05) is 30.7 Å². The first-order valence-electron chi connectivity index (χ1n) is 11.7. The lowest BCUT2D eigenvalue weighted by Gasteiger charge is -2.37. The van der Waals surface area contributed by atoms with Crippen LogP contribution in [-0.4, -0.2) is 30.6 Å². The Morgan fingerprint density at radius 1 is 1.06 bits per heavy atom. The minimum Gasteiger partial charge on any atom is -0.352 e. The smallest absolute Gasteiger partial charge is 0.170 e. The molecule has 0 spiro atoms. The summed E-state index contributed by atoms with van der Waals surface area (Å²) >= 11 is 5.94. The van der Waals surface area contributed by atoms with Gasteiger partial charge in [-0.25, -0.2) is 0 Å². The number of hydrogen-bond donors (Lipinski definition) is 1. The van der Waals surface area contributed by atoms with Crippen molar-refractivity contribution in [3.8, 4) is 0 Å². The number of thiocarbonyl (C=S) groups is 1. The fourth-order valence-corrected chi connectivity index (χ4v) is 5.88. The molecule has 3 aromatic heterocycles. The summed E-state index contributed by atoms with van der Waals surface area (Å²) < 4.78 is 2.41. The highest BCUT2D eigenvalue weighted by Gasteiger charge is 2.44. The van der Waals surface area contributed by atoms with Crippen LogP contribution in [0.2, 0.25) is 0 Å². The first kappa shape index (κ1) is 21.1. The Morgan fingerprint density at radius 3 is 2.62 bits per heavy atom. The van der Waals surface area contributed by atoms with E-state index in [-0.39, 0.29) is 12.1 Å². The summed E-state index contributed by atoms with van der Waals surface area (Å²) in [5, 5.41) is 4.52. The van der Waals surface area contributed by atoms with E-state index < -0.39 is 0 Å². The Labute approximate surface area is 195 Å². The molecule has 2 aliphatic rings. The lowest BCUT2D eigenvalue weighted by atomic mass is 9.90. The van der Waals surface area contributed by atoms with Crippen LogP contribution in [0.25, 0.3) is 0 Å². The van der Waals surface area contributed by atoms with Gasteiger partial charge in [-0.3, -0.25) is 9.97 Å². The van der Waals surface area contributed by atoms with Crippen molar-refractivity contribution in [2.45, 2.75) is 70.6 Å². The molecule has 1 N–H and O–H groups in total. The molecule has 4 heterocycles. The molecule has 3 aromatic rings. The second kappa shape index (κ2) is 9.02. The first-order chi connectivity index (χ1) is 15.6. The van der Waals surface area contributed by atoms with Gasteiger partial charge in [-0.15, -0.1) is 0 Å². The van der Waals surface area contributed by atoms with Crippen LogP contribution in [0, 0.1) is 13.8 Å². The molecule has 0 amide bonds. The number of rotatable bonds is 5. The molecule has 0 radical (unpaired) electrons. The van der Waals surface area contributed by atoms with Gasteiger partial charge in [0.2, 0.25) is 0 Å². The highest BCUT2D eigenvalue weighted by atomic mass is 32.1. The van der Waals surface area contributed by atoms with Crippen molar-refractivity contribution >= 4 is 17.3 Å². The Bertz CT molecular complexity index is 1070. The number of pyridine rings is 2. The van der Waals surface area contributed by atoms with Crippen molar-refractivity contribution in [2.24, 2.45) is 0 Å². The molecular weight excluding hydrogens is 414 g/mol. The molecule has 1 aliphatic carbocycles. The van der Waals surface area contributed by atoms with E-state index in [1.165, 1.54) is 54.6 Å². The Morgan fingerprint density at radius 2 is 1.91 bits per heavy atom. The molecule has 1 saturated heterocycles. The average molecular weight is 446 g/mol. The van der Waals surface area contributed by atoms with Crippen LogP contribution >= 0.6 is 12.2 Å². The molecule has 2 fully saturated rings. The predicted molar refractivity (Wildman–Crippen MR) is 131 cm³/mol.